The van der Waals surface area contributed by atoms with Crippen molar-refractivity contribution in [3.63, 3.8) is 0 Å². The Labute approximate surface area is 147 Å². The van der Waals surface area contributed by atoms with E-state index in [2.05, 4.69) is 0 Å². The Kier molecular flexibility index (Phi) is 6.84. The van der Waals surface area contributed by atoms with Gasteiger partial charge in [0, 0.05) is 0 Å². The Morgan fingerprint density at radius 3 is 1.38 bits per heavy atom. The first-order valence-electron chi connectivity index (χ1n) is 5.62. The zero-order valence-corrected chi connectivity index (χ0v) is 13.0. The maximum Gasteiger partial charge on any atom is 0.472 e. The maximum absolute atomic E-state index is 13.6. The van der Waals surface area contributed by atoms with E-state index in [0.29, 0.717) is 0 Å². The van der Waals surface area contributed by atoms with E-state index >= 15 is 0 Å². The van der Waals surface area contributed by atoms with Gasteiger partial charge in [0.2, 0.25) is 0 Å². The second kappa shape index (κ2) is 7.25. The molecule has 0 aliphatic rings. The summed E-state index contributed by atoms with van der Waals surface area (Å²) >= 11 is 0. The van der Waals surface area contributed by atoms with Crippen LogP contribution in [-0.4, -0.2) is 48.4 Å². The van der Waals surface area contributed by atoms with Crippen LogP contribution in [0.5, 0.6) is 0 Å². The Balaban J connectivity index is 6.65. The summed E-state index contributed by atoms with van der Waals surface area (Å²) in [5, 5.41) is -7.36. The zero-order valence-electron chi connectivity index (χ0n) is 12.2. The van der Waals surface area contributed by atoms with E-state index in [-0.39, 0.29) is 0 Å². The summed E-state index contributed by atoms with van der Waals surface area (Å²) in [6, 6.07) is -4.07. The van der Waals surface area contributed by atoms with Crippen molar-refractivity contribution in [2.75, 3.05) is 0 Å². The molecule has 0 bridgehead atoms. The summed E-state index contributed by atoms with van der Waals surface area (Å²) in [6.07, 6.45) is -27.1. The summed E-state index contributed by atoms with van der Waals surface area (Å²) in [5.41, 5.74) is 0. The van der Waals surface area contributed by atoms with Crippen molar-refractivity contribution in [1.29, 1.82) is 0 Å². The van der Waals surface area contributed by atoms with Gasteiger partial charge in [-0.05, 0) is 0 Å². The molecule has 0 heterocycles. The third-order valence-corrected chi connectivity index (χ3v) is 3.32. The van der Waals surface area contributed by atoms with E-state index in [0.717, 1.165) is 0 Å². The molecule has 5 nitrogen and oxygen atoms in total. The van der Waals surface area contributed by atoms with Gasteiger partial charge in [-0.25, -0.2) is 0 Å². The highest BCUT2D eigenvalue weighted by atomic mass is 32.2. The third-order valence-electron chi connectivity index (χ3n) is 2.43. The predicted molar refractivity (Wildman–Crippen MR) is 53.8 cm³/mol. The monoisotopic (exact) mass is 494 g/mol. The van der Waals surface area contributed by atoms with Gasteiger partial charge in [-0.2, -0.15) is 74.3 Å². The molecule has 0 aliphatic carbocycles. The number of hydrogen-bond donors (Lipinski definition) is 1. The average Bonchev–Trinajstić information content (AvgIpc) is 2.42. The SMILES string of the molecule is O=S(=O)(O)C(F)(F)C(F)(F)OC(F)(C(F)(F)F)C(F)(F)C(F)(F)OC(F)=C(F)F. The van der Waals surface area contributed by atoms with Crippen LogP contribution < -0.4 is 0 Å². The largest absolute Gasteiger partial charge is 0.472 e. The lowest BCUT2D eigenvalue weighted by molar-refractivity contribution is -0.513. The van der Waals surface area contributed by atoms with Crippen LogP contribution in [-0.2, 0) is 19.6 Å². The second-order valence-electron chi connectivity index (χ2n) is 4.43. The van der Waals surface area contributed by atoms with Crippen LogP contribution in [0.15, 0.2) is 12.1 Å². The Hall–Kier alpha value is -1.64. The molecule has 1 atom stereocenters. The normalized spacial score (nSPS) is 17.0. The van der Waals surface area contributed by atoms with Crippen LogP contribution in [0.2, 0.25) is 0 Å². The van der Waals surface area contributed by atoms with E-state index in [4.69, 9.17) is 4.55 Å². The van der Waals surface area contributed by atoms with Crippen molar-refractivity contribution in [2.45, 2.75) is 35.4 Å². The lowest BCUT2D eigenvalue weighted by Gasteiger charge is -2.39. The fraction of sp³-hybridized carbons (Fsp3) is 0.750. The molecule has 0 spiro atoms. The fourth-order valence-corrected chi connectivity index (χ4v) is 1.43. The number of halogens is 15. The Bertz CT molecular complexity index is 751. The first-order valence-corrected chi connectivity index (χ1v) is 7.06. The summed E-state index contributed by atoms with van der Waals surface area (Å²) in [7, 11) is -7.56. The van der Waals surface area contributed by atoms with Gasteiger partial charge in [0.1, 0.15) is 0 Å². The Morgan fingerprint density at radius 1 is 0.724 bits per heavy atom. The molecule has 0 aliphatic heterocycles. The summed E-state index contributed by atoms with van der Waals surface area (Å²) in [6.45, 7) is 0. The molecule has 0 fully saturated rings. The molecule has 0 aromatic rings. The van der Waals surface area contributed by atoms with Crippen LogP contribution in [0, 0.1) is 0 Å². The van der Waals surface area contributed by atoms with Gasteiger partial charge in [0.25, 0.3) is 0 Å². The maximum atomic E-state index is 13.6. The number of rotatable bonds is 8. The minimum absolute atomic E-state index is 1.32. The Morgan fingerprint density at radius 2 is 1.10 bits per heavy atom. The molecule has 0 rings (SSSR count). The van der Waals surface area contributed by atoms with Crippen LogP contribution >= 0.6 is 0 Å². The van der Waals surface area contributed by atoms with Crippen molar-refractivity contribution in [3.05, 3.63) is 12.1 Å². The fourth-order valence-electron chi connectivity index (χ4n) is 1.09. The van der Waals surface area contributed by atoms with Crippen molar-refractivity contribution in [2.24, 2.45) is 0 Å². The molecule has 0 aromatic carbocycles. The van der Waals surface area contributed by atoms with Gasteiger partial charge < -0.3 is 4.74 Å². The molecule has 0 aromatic heterocycles. The van der Waals surface area contributed by atoms with Crippen LogP contribution in [0.1, 0.15) is 0 Å². The summed E-state index contributed by atoms with van der Waals surface area (Å²) < 4.78 is 221. The van der Waals surface area contributed by atoms with E-state index in [1.165, 1.54) is 4.74 Å². The molecular formula is C8HF15O5S. The molecular weight excluding hydrogens is 493 g/mol. The molecule has 29 heavy (non-hydrogen) atoms. The summed E-state index contributed by atoms with van der Waals surface area (Å²) in [4.78, 5) is 0. The lowest BCUT2D eigenvalue weighted by atomic mass is 10.1. The molecule has 1 N–H and O–H groups in total. The molecule has 174 valence electrons. The number of alkyl halides is 12. The smallest absolute Gasteiger partial charge is 0.397 e. The van der Waals surface area contributed by atoms with Gasteiger partial charge in [0.05, 0.1) is 0 Å². The molecule has 0 amide bonds. The van der Waals surface area contributed by atoms with Crippen molar-refractivity contribution < 1.29 is 88.3 Å². The van der Waals surface area contributed by atoms with Gasteiger partial charge in [-0.1, -0.05) is 0 Å². The van der Waals surface area contributed by atoms with Crippen LogP contribution in [0.4, 0.5) is 65.9 Å². The molecule has 0 saturated carbocycles. The van der Waals surface area contributed by atoms with Gasteiger partial charge in [0.15, 0.2) is 0 Å². The molecule has 0 radical (unpaired) electrons. The first kappa shape index (κ1) is 27.4. The summed E-state index contributed by atoms with van der Waals surface area (Å²) in [5.74, 6) is -16.1. The lowest BCUT2D eigenvalue weighted by Crippen LogP contribution is -2.68. The zero-order chi connectivity index (χ0) is 24.1. The van der Waals surface area contributed by atoms with E-state index in [1.807, 2.05) is 0 Å². The molecule has 21 heteroatoms. The van der Waals surface area contributed by atoms with Gasteiger partial charge in [-0.15, -0.1) is 0 Å². The topological polar surface area (TPSA) is 72.8 Å². The van der Waals surface area contributed by atoms with Crippen molar-refractivity contribution in [1.82, 2.24) is 0 Å². The highest BCUT2D eigenvalue weighted by molar-refractivity contribution is 7.86. The van der Waals surface area contributed by atoms with E-state index < -0.39 is 57.6 Å². The molecule has 0 saturated heterocycles. The van der Waals surface area contributed by atoms with Crippen LogP contribution in [0.25, 0.3) is 0 Å². The van der Waals surface area contributed by atoms with Gasteiger partial charge >= 0.3 is 57.6 Å². The van der Waals surface area contributed by atoms with E-state index in [9.17, 15) is 74.3 Å². The minimum Gasteiger partial charge on any atom is -0.397 e. The molecule has 1 unspecified atom stereocenters. The minimum atomic E-state index is -8.07. The highest BCUT2D eigenvalue weighted by Gasteiger charge is 2.87. The first-order chi connectivity index (χ1) is 12.3. The standard InChI is InChI=1S/C8HF15O5S/c9-1(10)2(11)27-6(18,19)3(12,13)4(14,5(15,16)17)28-7(20,21)8(22,23)29(24,25)26/h(H,24,25,26). The van der Waals surface area contributed by atoms with Crippen molar-refractivity contribution in [3.8, 4) is 0 Å². The van der Waals surface area contributed by atoms with Crippen molar-refractivity contribution >= 4 is 10.1 Å². The van der Waals surface area contributed by atoms with Gasteiger partial charge in [-0.3, -0.25) is 9.29 Å². The second-order valence-corrected chi connectivity index (χ2v) is 5.89. The van der Waals surface area contributed by atoms with Crippen LogP contribution in [0.3, 0.4) is 0 Å². The predicted octanol–water partition coefficient (Wildman–Crippen LogP) is 4.58. The average molecular weight is 494 g/mol. The number of hydrogen-bond acceptors (Lipinski definition) is 4. The highest BCUT2D eigenvalue weighted by Crippen LogP contribution is 2.57. The quantitative estimate of drug-likeness (QED) is 0.304. The van der Waals surface area contributed by atoms with E-state index in [1.54, 1.807) is 4.74 Å². The third kappa shape index (κ3) is 4.59. The number of ether oxygens (including phenoxy) is 2.